The van der Waals surface area contributed by atoms with E-state index in [0.717, 1.165) is 5.56 Å². The lowest BCUT2D eigenvalue weighted by atomic mass is 10.1. The van der Waals surface area contributed by atoms with Crippen LogP contribution in [-0.2, 0) is 13.2 Å². The summed E-state index contributed by atoms with van der Waals surface area (Å²) in [5, 5.41) is 17.8. The Bertz CT molecular complexity index is 525. The maximum absolute atomic E-state index is 8.93. The van der Waals surface area contributed by atoms with Crippen LogP contribution in [0.5, 0.6) is 0 Å². The zero-order chi connectivity index (χ0) is 11.4. The van der Waals surface area contributed by atoms with Gasteiger partial charge in [0.2, 0.25) is 0 Å². The van der Waals surface area contributed by atoms with E-state index in [1.54, 1.807) is 18.6 Å². The Morgan fingerprint density at radius 1 is 1.38 bits per heavy atom. The number of aliphatic hydroxyl groups is 1. The molecule has 0 unspecified atom stereocenters. The molecule has 1 aromatic heterocycles. The molecule has 1 heterocycles. The number of imidazole rings is 1. The average molecular weight is 213 g/mol. The summed E-state index contributed by atoms with van der Waals surface area (Å²) in [4.78, 5) is 4.02. The Balaban J connectivity index is 2.24. The molecule has 1 aromatic carbocycles. The van der Waals surface area contributed by atoms with Gasteiger partial charge in [-0.3, -0.25) is 0 Å². The minimum atomic E-state index is -0.0626. The number of aliphatic hydroxyl groups excluding tert-OH is 1. The summed E-state index contributed by atoms with van der Waals surface area (Å²) in [6.07, 6.45) is 3.42. The van der Waals surface area contributed by atoms with E-state index in [4.69, 9.17) is 10.4 Å². The van der Waals surface area contributed by atoms with Crippen LogP contribution in [0.1, 0.15) is 16.8 Å². The second-order valence-electron chi connectivity index (χ2n) is 3.46. The van der Waals surface area contributed by atoms with Crippen LogP contribution in [0.3, 0.4) is 0 Å². The van der Waals surface area contributed by atoms with E-state index < -0.39 is 0 Å². The molecule has 1 N–H and O–H groups in total. The molecule has 0 aliphatic heterocycles. The van der Waals surface area contributed by atoms with Crippen molar-refractivity contribution in [2.75, 3.05) is 0 Å². The van der Waals surface area contributed by atoms with E-state index >= 15 is 0 Å². The topological polar surface area (TPSA) is 61.8 Å². The number of aromatic nitrogens is 2. The summed E-state index contributed by atoms with van der Waals surface area (Å²) in [5.41, 5.74) is 2.25. The van der Waals surface area contributed by atoms with Gasteiger partial charge in [-0.15, -0.1) is 0 Å². The van der Waals surface area contributed by atoms with E-state index in [-0.39, 0.29) is 6.61 Å². The normalized spacial score (nSPS) is 10.0. The molecule has 16 heavy (non-hydrogen) atoms. The van der Waals surface area contributed by atoms with Crippen molar-refractivity contribution in [3.05, 3.63) is 53.6 Å². The average Bonchev–Trinajstić information content (AvgIpc) is 2.77. The predicted octanol–water partition coefficient (Wildman–Crippen LogP) is 1.30. The van der Waals surface area contributed by atoms with Gasteiger partial charge in [-0.25, -0.2) is 4.98 Å². The molecule has 2 rings (SSSR count). The molecule has 4 nitrogen and oxygen atoms in total. The van der Waals surface area contributed by atoms with Crippen molar-refractivity contribution in [2.45, 2.75) is 13.2 Å². The first kappa shape index (κ1) is 10.4. The van der Waals surface area contributed by atoms with Gasteiger partial charge in [0.05, 0.1) is 30.3 Å². The Kier molecular flexibility index (Phi) is 2.99. The van der Waals surface area contributed by atoms with Crippen LogP contribution < -0.4 is 0 Å². The summed E-state index contributed by atoms with van der Waals surface area (Å²) in [6.45, 7) is 0.531. The van der Waals surface area contributed by atoms with Crippen LogP contribution in [0.2, 0.25) is 0 Å². The second-order valence-corrected chi connectivity index (χ2v) is 3.46. The highest BCUT2D eigenvalue weighted by Gasteiger charge is 2.02. The van der Waals surface area contributed by atoms with Gasteiger partial charge in [-0.05, 0) is 11.6 Å². The van der Waals surface area contributed by atoms with E-state index in [9.17, 15) is 0 Å². The standard InChI is InChI=1S/C12H11N3O/c13-5-10-3-1-2-4-11(10)6-15-7-12(8-16)14-9-15/h1-4,7,9,16H,6,8H2. The lowest BCUT2D eigenvalue weighted by Crippen LogP contribution is -1.98. The molecule has 0 saturated carbocycles. The molecular weight excluding hydrogens is 202 g/mol. The van der Waals surface area contributed by atoms with Crippen molar-refractivity contribution in [3.8, 4) is 6.07 Å². The summed E-state index contributed by atoms with van der Waals surface area (Å²) < 4.78 is 1.85. The van der Waals surface area contributed by atoms with Crippen molar-refractivity contribution in [1.82, 2.24) is 9.55 Å². The maximum Gasteiger partial charge on any atom is 0.0995 e. The van der Waals surface area contributed by atoms with Crippen LogP contribution in [0.25, 0.3) is 0 Å². The number of rotatable bonds is 3. The number of hydrogen-bond acceptors (Lipinski definition) is 3. The van der Waals surface area contributed by atoms with Gasteiger partial charge >= 0.3 is 0 Å². The molecule has 4 heteroatoms. The van der Waals surface area contributed by atoms with Gasteiger partial charge in [0.25, 0.3) is 0 Å². The molecule has 0 atom stereocenters. The minimum Gasteiger partial charge on any atom is -0.390 e. The SMILES string of the molecule is N#Cc1ccccc1Cn1cnc(CO)c1. The molecule has 80 valence electrons. The molecule has 2 aromatic rings. The van der Waals surface area contributed by atoms with Crippen LogP contribution in [0, 0.1) is 11.3 Å². The zero-order valence-electron chi connectivity index (χ0n) is 8.67. The third-order valence-electron chi connectivity index (χ3n) is 2.34. The first-order chi connectivity index (χ1) is 7.83. The summed E-state index contributed by atoms with van der Waals surface area (Å²) in [5.74, 6) is 0. The summed E-state index contributed by atoms with van der Waals surface area (Å²) in [6, 6.07) is 9.60. The molecule has 0 aliphatic carbocycles. The lowest BCUT2D eigenvalue weighted by molar-refractivity contribution is 0.277. The van der Waals surface area contributed by atoms with Crippen LogP contribution in [0.4, 0.5) is 0 Å². The van der Waals surface area contributed by atoms with Gasteiger partial charge in [0.15, 0.2) is 0 Å². The fraction of sp³-hybridized carbons (Fsp3) is 0.167. The van der Waals surface area contributed by atoms with Crippen LogP contribution >= 0.6 is 0 Å². The molecule has 0 saturated heterocycles. The summed E-state index contributed by atoms with van der Waals surface area (Å²) in [7, 11) is 0. The molecule has 0 spiro atoms. The molecular formula is C12H11N3O. The summed E-state index contributed by atoms with van der Waals surface area (Å²) >= 11 is 0. The van der Waals surface area contributed by atoms with Gasteiger partial charge in [-0.2, -0.15) is 5.26 Å². The van der Waals surface area contributed by atoms with Crippen LogP contribution in [-0.4, -0.2) is 14.7 Å². The molecule has 0 fully saturated rings. The van der Waals surface area contributed by atoms with Crippen molar-refractivity contribution in [3.63, 3.8) is 0 Å². The highest BCUT2D eigenvalue weighted by Crippen LogP contribution is 2.09. The van der Waals surface area contributed by atoms with Crippen LogP contribution in [0.15, 0.2) is 36.8 Å². The molecule has 0 bridgehead atoms. The molecule has 0 aliphatic rings. The highest BCUT2D eigenvalue weighted by atomic mass is 16.3. The van der Waals surface area contributed by atoms with Gasteiger partial charge in [0, 0.05) is 12.7 Å². The predicted molar refractivity (Wildman–Crippen MR) is 58.4 cm³/mol. The highest BCUT2D eigenvalue weighted by molar-refractivity contribution is 5.37. The third kappa shape index (κ3) is 2.10. The zero-order valence-corrected chi connectivity index (χ0v) is 8.67. The monoisotopic (exact) mass is 213 g/mol. The smallest absolute Gasteiger partial charge is 0.0995 e. The Hall–Kier alpha value is -2.12. The lowest BCUT2D eigenvalue weighted by Gasteiger charge is -2.03. The largest absolute Gasteiger partial charge is 0.390 e. The fourth-order valence-corrected chi connectivity index (χ4v) is 1.54. The first-order valence-corrected chi connectivity index (χ1v) is 4.93. The van der Waals surface area contributed by atoms with Crippen molar-refractivity contribution < 1.29 is 5.11 Å². The third-order valence-corrected chi connectivity index (χ3v) is 2.34. The second kappa shape index (κ2) is 4.60. The Morgan fingerprint density at radius 2 is 2.19 bits per heavy atom. The number of nitrogens with zero attached hydrogens (tertiary/aromatic N) is 3. The molecule has 0 amide bonds. The number of nitriles is 1. The number of benzene rings is 1. The fourth-order valence-electron chi connectivity index (χ4n) is 1.54. The first-order valence-electron chi connectivity index (χ1n) is 4.93. The van der Waals surface area contributed by atoms with E-state index in [1.165, 1.54) is 0 Å². The maximum atomic E-state index is 8.93. The molecule has 0 radical (unpaired) electrons. The van der Waals surface area contributed by atoms with Crippen molar-refractivity contribution >= 4 is 0 Å². The van der Waals surface area contributed by atoms with Crippen molar-refractivity contribution in [2.24, 2.45) is 0 Å². The van der Waals surface area contributed by atoms with Gasteiger partial charge in [-0.1, -0.05) is 18.2 Å². The van der Waals surface area contributed by atoms with Gasteiger partial charge in [0.1, 0.15) is 0 Å². The van der Waals surface area contributed by atoms with E-state index in [0.29, 0.717) is 17.8 Å². The Morgan fingerprint density at radius 3 is 2.88 bits per heavy atom. The van der Waals surface area contributed by atoms with Gasteiger partial charge < -0.3 is 9.67 Å². The quantitative estimate of drug-likeness (QED) is 0.835. The van der Waals surface area contributed by atoms with E-state index in [2.05, 4.69) is 11.1 Å². The van der Waals surface area contributed by atoms with Crippen molar-refractivity contribution in [1.29, 1.82) is 5.26 Å². The Labute approximate surface area is 93.4 Å². The minimum absolute atomic E-state index is 0.0626. The number of hydrogen-bond donors (Lipinski definition) is 1. The van der Waals surface area contributed by atoms with E-state index in [1.807, 2.05) is 22.8 Å².